The van der Waals surface area contributed by atoms with Crippen molar-refractivity contribution in [3.05, 3.63) is 71.0 Å². The third-order valence-electron chi connectivity index (χ3n) is 12.5. The lowest BCUT2D eigenvalue weighted by molar-refractivity contribution is -0.139. The van der Waals surface area contributed by atoms with Gasteiger partial charge in [-0.05, 0) is 140 Å². The third kappa shape index (κ3) is 22.5. The molecule has 4 amide bonds. The molecule has 24 nitrogen and oxygen atoms in total. The Balaban J connectivity index is 0.000000415. The molecule has 0 bridgehead atoms. The number of aliphatic carboxylic acids is 1. The molecule has 0 saturated carbocycles. The molecule has 440 valence electrons. The molecule has 3 atom stereocenters. The third-order valence-corrected chi connectivity index (χ3v) is 18.2. The van der Waals surface area contributed by atoms with Gasteiger partial charge in [-0.3, -0.25) is 47.8 Å². The van der Waals surface area contributed by atoms with Crippen LogP contribution in [0.15, 0.2) is 60.9 Å². The molecule has 30 heteroatoms. The summed E-state index contributed by atoms with van der Waals surface area (Å²) in [7, 11) is -15.7. The summed E-state index contributed by atoms with van der Waals surface area (Å²) in [4.78, 5) is 133. The Bertz CT molecular complexity index is 2800. The van der Waals surface area contributed by atoms with Crippen LogP contribution in [0.2, 0.25) is 10.0 Å². The molecule has 2 heterocycles. The second-order valence-corrected chi connectivity index (χ2v) is 25.6. The van der Waals surface area contributed by atoms with Crippen LogP contribution in [0, 0.1) is 0 Å². The van der Waals surface area contributed by atoms with Crippen molar-refractivity contribution in [3.8, 4) is 0 Å². The van der Waals surface area contributed by atoms with Crippen molar-refractivity contribution >= 4 is 120 Å². The highest BCUT2D eigenvalue weighted by atomic mass is 35.5. The topological polar surface area (TPSA) is 350 Å². The van der Waals surface area contributed by atoms with Gasteiger partial charge >= 0.3 is 34.8 Å². The van der Waals surface area contributed by atoms with E-state index in [9.17, 15) is 37.7 Å². The predicted molar refractivity (Wildman–Crippen MR) is 307 cm³/mol. The molecule has 2 aromatic heterocycles. The summed E-state index contributed by atoms with van der Waals surface area (Å²) in [5.41, 5.74) is -0.109. The molecule has 0 aliphatic carbocycles. The van der Waals surface area contributed by atoms with E-state index in [2.05, 4.69) is 47.5 Å². The van der Waals surface area contributed by atoms with E-state index in [4.69, 9.17) is 62.4 Å². The van der Waals surface area contributed by atoms with Crippen LogP contribution in [0.3, 0.4) is 0 Å². The van der Waals surface area contributed by atoms with Gasteiger partial charge in [0.05, 0.1) is 29.0 Å². The maximum atomic E-state index is 13.5. The zero-order chi connectivity index (χ0) is 59.3. The summed E-state index contributed by atoms with van der Waals surface area (Å²) in [6.45, 7) is 17.6. The quantitative estimate of drug-likeness (QED) is 0.0175. The van der Waals surface area contributed by atoms with Crippen molar-refractivity contribution in [2.75, 3.05) is 61.4 Å². The van der Waals surface area contributed by atoms with Crippen molar-refractivity contribution in [2.45, 2.75) is 116 Å². The molecule has 4 aromatic rings. The van der Waals surface area contributed by atoms with Gasteiger partial charge < -0.3 is 59.6 Å². The lowest BCUT2D eigenvalue weighted by Gasteiger charge is -2.30. The van der Waals surface area contributed by atoms with Crippen molar-refractivity contribution in [1.29, 1.82) is 0 Å². The van der Waals surface area contributed by atoms with Crippen LogP contribution in [-0.2, 0) is 32.8 Å². The van der Waals surface area contributed by atoms with E-state index in [1.165, 1.54) is 4.90 Å². The van der Waals surface area contributed by atoms with E-state index in [-0.39, 0.29) is 55.4 Å². The monoisotopic (exact) mass is 1220 g/mol. The lowest BCUT2D eigenvalue weighted by Crippen LogP contribution is -2.40. The van der Waals surface area contributed by atoms with Gasteiger partial charge in [-0.1, -0.05) is 62.7 Å². The molecule has 0 spiro atoms. The zero-order valence-electron chi connectivity index (χ0n) is 44.9. The number of nitrogens with one attached hydrogen (secondary N) is 2. The molecule has 0 aliphatic rings. The first kappa shape index (κ1) is 69.0. The molecule has 9 N–H and O–H groups in total. The lowest BCUT2D eigenvalue weighted by atomic mass is 10.1. The number of nitrogens with zero attached hydrogens (tertiary/aromatic N) is 6. The number of hydrogen-bond donors (Lipinski definition) is 9. The van der Waals surface area contributed by atoms with Crippen molar-refractivity contribution < 1.29 is 76.9 Å². The van der Waals surface area contributed by atoms with Crippen LogP contribution in [-0.4, -0.2) is 158 Å². The minimum Gasteiger partial charge on any atom is -0.479 e. The molecule has 0 fully saturated rings. The zero-order valence-corrected chi connectivity index (χ0v) is 49.9. The van der Waals surface area contributed by atoms with Gasteiger partial charge in [-0.15, -0.1) is 0 Å². The van der Waals surface area contributed by atoms with Gasteiger partial charge in [-0.25, -0.2) is 9.59 Å². The molecule has 0 saturated heterocycles. The number of carbonyl (C=O) groups excluding carboxylic acids is 4. The first-order valence-electron chi connectivity index (χ1n) is 25.5. The van der Waals surface area contributed by atoms with E-state index in [0.29, 0.717) is 44.3 Å². The first-order chi connectivity index (χ1) is 37.1. The van der Waals surface area contributed by atoms with Crippen LogP contribution in [0.5, 0.6) is 0 Å². The van der Waals surface area contributed by atoms with E-state index >= 15 is 0 Å². The van der Waals surface area contributed by atoms with E-state index in [1.807, 2.05) is 25.2 Å². The number of pyridine rings is 2. The SMILES string of the molecule is CCN(CC)CCCC(C)N(C(=O)OCCCC(=O)NC(P(=O)(O)O)P(=O)(O)O)c1ccnc2cc(Cl)ccc12.CCN(CC)CCCC(C)N(C(=O)SCCCC(=O)NC(C(=O)O)P(=O)(O)O)c1ccnc2cc(Cl)ccc12. The maximum absolute atomic E-state index is 13.5. The van der Waals surface area contributed by atoms with Crippen molar-refractivity contribution in [2.24, 2.45) is 0 Å². The molecule has 3 unspecified atom stereocenters. The fourth-order valence-electron chi connectivity index (χ4n) is 8.24. The standard InChI is InChI=1S/C25H36ClN4O7PS.C24H37ClN4O9P2/c1-4-29(5-2)14-6-8-17(3)30(21-12-13-27-20-16-18(26)10-11-19(20)21)25(34)39-15-7-9-22(31)28-23(24(32)33)38(35,36)37;1-4-28(5-2)14-6-8-17(3)29(21-12-13-26-20-16-18(25)10-11-19(20)21)24(31)38-15-7-9-22(30)27-23(39(32,33)34)40(35,36)37/h10-13,16-17,23H,4-9,14-15H2,1-3H3,(H,28,31)(H,32,33)(H2,35,36,37);10-13,16-17,23H,4-9,14-15H2,1-3H3,(H,27,30)(H2,32,33,34)(H2,35,36,37). The number of carboxylic acids is 1. The average molecular weight is 1230 g/mol. The van der Waals surface area contributed by atoms with Crippen molar-refractivity contribution in [3.63, 3.8) is 0 Å². The fraction of sp³-hybridized carbons (Fsp3) is 0.531. The van der Waals surface area contributed by atoms with Gasteiger partial charge in [0.15, 0.2) is 0 Å². The highest BCUT2D eigenvalue weighted by Crippen LogP contribution is 2.58. The molecule has 79 heavy (non-hydrogen) atoms. The average Bonchev–Trinajstić information content (AvgIpc) is 3.36. The molecular weight excluding hydrogens is 1150 g/mol. The molecule has 4 rings (SSSR count). The van der Waals surface area contributed by atoms with Gasteiger partial charge in [0.1, 0.15) is 0 Å². The number of benzene rings is 2. The largest absolute Gasteiger partial charge is 0.479 e. The number of carbonyl (C=O) groups is 5. The number of rotatable bonds is 30. The number of halogens is 2. The van der Waals surface area contributed by atoms with Crippen LogP contribution < -0.4 is 20.4 Å². The number of ether oxygens (including phenoxy) is 1. The maximum Gasteiger partial charge on any atom is 0.414 e. The smallest absolute Gasteiger partial charge is 0.414 e. The normalized spacial score (nSPS) is 13.2. The van der Waals surface area contributed by atoms with Crippen LogP contribution in [0.25, 0.3) is 21.8 Å². The van der Waals surface area contributed by atoms with Gasteiger partial charge in [0.2, 0.25) is 23.1 Å². The number of carboxylic acid groups (broad SMARTS) is 1. The summed E-state index contributed by atoms with van der Waals surface area (Å²) < 4.78 is 39.5. The van der Waals surface area contributed by atoms with Crippen molar-refractivity contribution in [1.82, 2.24) is 30.4 Å². The minimum atomic E-state index is -5.31. The molecule has 0 radical (unpaired) electrons. The Morgan fingerprint density at radius 3 is 1.52 bits per heavy atom. The van der Waals surface area contributed by atoms with Gasteiger partial charge in [-0.2, -0.15) is 0 Å². The Morgan fingerprint density at radius 2 is 1.08 bits per heavy atom. The molecule has 2 aromatic carbocycles. The highest BCUT2D eigenvalue weighted by Gasteiger charge is 2.44. The number of amides is 4. The summed E-state index contributed by atoms with van der Waals surface area (Å²) >= 11 is 13.3. The number of aromatic nitrogens is 2. The van der Waals surface area contributed by atoms with E-state index in [0.717, 1.165) is 75.7 Å². The predicted octanol–water partition coefficient (Wildman–Crippen LogP) is 8.42. The Labute approximate surface area is 473 Å². The van der Waals surface area contributed by atoms with Crippen LogP contribution in [0.1, 0.15) is 92.9 Å². The summed E-state index contributed by atoms with van der Waals surface area (Å²) in [5, 5.41) is 14.8. The van der Waals surface area contributed by atoms with Gasteiger partial charge in [0, 0.05) is 63.9 Å². The van der Waals surface area contributed by atoms with E-state index in [1.54, 1.807) is 65.1 Å². The summed E-state index contributed by atoms with van der Waals surface area (Å²) in [6.07, 6.45) is 5.28. The highest BCUT2D eigenvalue weighted by molar-refractivity contribution is 8.13. The Hall–Kier alpha value is -4.29. The second kappa shape index (κ2) is 33.0. The fourth-order valence-corrected chi connectivity index (χ4v) is 12.2. The first-order valence-corrected chi connectivity index (χ1v) is 32.3. The number of anilines is 2. The summed E-state index contributed by atoms with van der Waals surface area (Å²) in [5.74, 6) is -5.71. The number of thioether (sulfide) groups is 1. The van der Waals surface area contributed by atoms with Gasteiger partial charge in [0.25, 0.3) is 5.24 Å². The van der Waals surface area contributed by atoms with E-state index < -0.39 is 58.0 Å². The second-order valence-electron chi connectivity index (χ2n) is 18.2. The van der Waals surface area contributed by atoms with Crippen LogP contribution in [0.4, 0.5) is 21.0 Å². The van der Waals surface area contributed by atoms with Crippen LogP contribution >= 0.6 is 57.8 Å². The number of hydrogen-bond acceptors (Lipinski definition) is 14. The summed E-state index contributed by atoms with van der Waals surface area (Å²) in [6, 6.07) is 13.6. The minimum absolute atomic E-state index is 0.0521. The molecule has 0 aliphatic heterocycles. The Morgan fingerprint density at radius 1 is 0.633 bits per heavy atom. The number of fused-ring (bicyclic) bond motifs is 2. The molecular formula is C49H73Cl2N8O16P3S. The Kier molecular flexibility index (Phi) is 28.8.